The number of amides is 2. The van der Waals surface area contributed by atoms with Gasteiger partial charge in [0.25, 0.3) is 5.91 Å². The highest BCUT2D eigenvalue weighted by molar-refractivity contribution is 6.33. The number of anilines is 1. The van der Waals surface area contributed by atoms with Crippen molar-refractivity contribution >= 4 is 29.1 Å². The van der Waals surface area contributed by atoms with E-state index in [1.165, 1.54) is 25.1 Å². The van der Waals surface area contributed by atoms with Crippen LogP contribution < -0.4 is 10.2 Å². The first-order chi connectivity index (χ1) is 11.4. The molecule has 2 amide bonds. The molecule has 0 unspecified atom stereocenters. The van der Waals surface area contributed by atoms with E-state index >= 15 is 0 Å². The van der Waals surface area contributed by atoms with Crippen LogP contribution in [-0.4, -0.2) is 24.9 Å². The van der Waals surface area contributed by atoms with Gasteiger partial charge in [0.1, 0.15) is 5.82 Å². The van der Waals surface area contributed by atoms with Crippen LogP contribution in [-0.2, 0) is 4.79 Å². The van der Waals surface area contributed by atoms with Crippen molar-refractivity contribution in [3.05, 3.63) is 64.4 Å². The fraction of sp³-hybridized carbons (Fsp3) is 0.222. The molecule has 1 N–H and O–H groups in total. The van der Waals surface area contributed by atoms with Gasteiger partial charge in [-0.15, -0.1) is 0 Å². The summed E-state index contributed by atoms with van der Waals surface area (Å²) in [6, 6.07) is 11.6. The van der Waals surface area contributed by atoms with Gasteiger partial charge in [-0.05, 0) is 31.2 Å². The van der Waals surface area contributed by atoms with E-state index in [2.05, 4.69) is 5.32 Å². The zero-order valence-electron chi connectivity index (χ0n) is 13.5. The quantitative estimate of drug-likeness (QED) is 0.898. The Morgan fingerprint density at radius 3 is 2.42 bits per heavy atom. The van der Waals surface area contributed by atoms with E-state index < -0.39 is 11.7 Å². The molecule has 0 spiro atoms. The number of rotatable bonds is 5. The number of carbonyl (C=O) groups is 2. The molecule has 2 rings (SSSR count). The van der Waals surface area contributed by atoms with E-state index in [0.717, 1.165) is 11.3 Å². The third-order valence-electron chi connectivity index (χ3n) is 3.54. The molecule has 126 valence electrons. The second-order valence-corrected chi connectivity index (χ2v) is 5.77. The van der Waals surface area contributed by atoms with E-state index in [9.17, 15) is 14.0 Å². The van der Waals surface area contributed by atoms with Gasteiger partial charge in [-0.3, -0.25) is 9.59 Å². The van der Waals surface area contributed by atoms with Crippen LogP contribution in [0.1, 0.15) is 22.8 Å². The standard InChI is InChI=1S/C18H18ClFN2O2/c1-12-6-8-14(9-7-12)22(13(2)23)11-10-21-18(24)17-15(19)4-3-5-16(17)20/h3-9H,10-11H2,1-2H3,(H,21,24). The maximum atomic E-state index is 13.7. The van der Waals surface area contributed by atoms with Crippen LogP contribution in [0, 0.1) is 12.7 Å². The number of nitrogens with zero attached hydrogens (tertiary/aromatic N) is 1. The number of hydrogen-bond acceptors (Lipinski definition) is 2. The van der Waals surface area contributed by atoms with Gasteiger partial charge in [0.2, 0.25) is 5.91 Å². The molecule has 2 aromatic rings. The second-order valence-electron chi connectivity index (χ2n) is 5.36. The van der Waals surface area contributed by atoms with Crippen molar-refractivity contribution < 1.29 is 14.0 Å². The molecule has 0 aliphatic carbocycles. The molecular weight excluding hydrogens is 331 g/mol. The number of nitrogens with one attached hydrogen (secondary N) is 1. The summed E-state index contributed by atoms with van der Waals surface area (Å²) in [6.45, 7) is 3.86. The average Bonchev–Trinajstić information content (AvgIpc) is 2.52. The minimum atomic E-state index is -0.679. The van der Waals surface area contributed by atoms with Crippen LogP contribution in [0.5, 0.6) is 0 Å². The molecule has 24 heavy (non-hydrogen) atoms. The number of benzene rings is 2. The van der Waals surface area contributed by atoms with Crippen molar-refractivity contribution in [1.82, 2.24) is 5.32 Å². The Labute approximate surface area is 145 Å². The smallest absolute Gasteiger partial charge is 0.255 e. The molecule has 0 saturated heterocycles. The topological polar surface area (TPSA) is 49.4 Å². The molecular formula is C18H18ClFN2O2. The van der Waals surface area contributed by atoms with Crippen molar-refractivity contribution in [3.8, 4) is 0 Å². The van der Waals surface area contributed by atoms with E-state index in [4.69, 9.17) is 11.6 Å². The maximum absolute atomic E-state index is 13.7. The lowest BCUT2D eigenvalue weighted by molar-refractivity contribution is -0.116. The largest absolute Gasteiger partial charge is 0.350 e. The van der Waals surface area contributed by atoms with E-state index in [1.807, 2.05) is 31.2 Å². The molecule has 6 heteroatoms. The molecule has 0 aromatic heterocycles. The van der Waals surface area contributed by atoms with Crippen molar-refractivity contribution in [3.63, 3.8) is 0 Å². The highest BCUT2D eigenvalue weighted by atomic mass is 35.5. The Morgan fingerprint density at radius 2 is 1.83 bits per heavy atom. The van der Waals surface area contributed by atoms with Crippen molar-refractivity contribution in [2.45, 2.75) is 13.8 Å². The molecule has 0 fully saturated rings. The lowest BCUT2D eigenvalue weighted by atomic mass is 10.2. The molecule has 0 atom stereocenters. The zero-order valence-corrected chi connectivity index (χ0v) is 14.2. The van der Waals surface area contributed by atoms with Gasteiger partial charge < -0.3 is 10.2 Å². The zero-order chi connectivity index (χ0) is 17.7. The Balaban J connectivity index is 2.02. The lowest BCUT2D eigenvalue weighted by Crippen LogP contribution is -2.37. The summed E-state index contributed by atoms with van der Waals surface area (Å²) in [5.41, 5.74) is 1.64. The minimum absolute atomic E-state index is 0.0504. The van der Waals surface area contributed by atoms with Crippen LogP contribution in [0.25, 0.3) is 0 Å². The molecule has 0 aliphatic heterocycles. The fourth-order valence-electron chi connectivity index (χ4n) is 2.28. The summed E-state index contributed by atoms with van der Waals surface area (Å²) in [7, 11) is 0. The van der Waals surface area contributed by atoms with Gasteiger partial charge in [0.05, 0.1) is 10.6 Å². The number of carbonyl (C=O) groups excluding carboxylic acids is 2. The first-order valence-electron chi connectivity index (χ1n) is 7.47. The summed E-state index contributed by atoms with van der Waals surface area (Å²) >= 11 is 5.86. The van der Waals surface area contributed by atoms with Crippen LogP contribution >= 0.6 is 11.6 Å². The predicted molar refractivity (Wildman–Crippen MR) is 92.9 cm³/mol. The van der Waals surface area contributed by atoms with Crippen LogP contribution in [0.2, 0.25) is 5.02 Å². The van der Waals surface area contributed by atoms with Crippen molar-refractivity contribution in [2.24, 2.45) is 0 Å². The van der Waals surface area contributed by atoms with Gasteiger partial charge in [-0.2, -0.15) is 0 Å². The minimum Gasteiger partial charge on any atom is -0.350 e. The highest BCUT2D eigenvalue weighted by Gasteiger charge is 2.16. The highest BCUT2D eigenvalue weighted by Crippen LogP contribution is 2.19. The Morgan fingerprint density at radius 1 is 1.17 bits per heavy atom. The van der Waals surface area contributed by atoms with Crippen LogP contribution in [0.15, 0.2) is 42.5 Å². The lowest BCUT2D eigenvalue weighted by Gasteiger charge is -2.21. The Kier molecular flexibility index (Phi) is 5.93. The predicted octanol–water partition coefficient (Wildman–Crippen LogP) is 3.57. The van der Waals surface area contributed by atoms with Crippen LogP contribution in [0.4, 0.5) is 10.1 Å². The van der Waals surface area contributed by atoms with Gasteiger partial charge in [0.15, 0.2) is 0 Å². The molecule has 0 radical (unpaired) electrons. The Bertz CT molecular complexity index is 727. The second kappa shape index (κ2) is 7.93. The first kappa shape index (κ1) is 17.9. The number of hydrogen-bond donors (Lipinski definition) is 1. The third kappa shape index (κ3) is 4.32. The molecule has 4 nitrogen and oxygen atoms in total. The maximum Gasteiger partial charge on any atom is 0.255 e. The van der Waals surface area contributed by atoms with Gasteiger partial charge in [0, 0.05) is 25.7 Å². The van der Waals surface area contributed by atoms with Gasteiger partial charge >= 0.3 is 0 Å². The summed E-state index contributed by atoms with van der Waals surface area (Å²) in [4.78, 5) is 25.4. The van der Waals surface area contributed by atoms with E-state index in [-0.39, 0.29) is 29.6 Å². The monoisotopic (exact) mass is 348 g/mol. The normalized spacial score (nSPS) is 10.3. The van der Waals surface area contributed by atoms with Crippen molar-refractivity contribution in [1.29, 1.82) is 0 Å². The first-order valence-corrected chi connectivity index (χ1v) is 7.85. The van der Waals surface area contributed by atoms with Gasteiger partial charge in [-0.1, -0.05) is 35.4 Å². The molecule has 2 aromatic carbocycles. The number of aryl methyl sites for hydroxylation is 1. The molecule has 0 saturated carbocycles. The molecule has 0 bridgehead atoms. The third-order valence-corrected chi connectivity index (χ3v) is 3.85. The summed E-state index contributed by atoms with van der Waals surface area (Å²) < 4.78 is 13.7. The summed E-state index contributed by atoms with van der Waals surface area (Å²) in [6.07, 6.45) is 0. The summed E-state index contributed by atoms with van der Waals surface area (Å²) in [5.74, 6) is -1.43. The van der Waals surface area contributed by atoms with Crippen molar-refractivity contribution in [2.75, 3.05) is 18.0 Å². The van der Waals surface area contributed by atoms with E-state index in [1.54, 1.807) is 4.90 Å². The summed E-state index contributed by atoms with van der Waals surface area (Å²) in [5, 5.41) is 2.64. The van der Waals surface area contributed by atoms with Crippen LogP contribution in [0.3, 0.4) is 0 Å². The molecule has 0 aliphatic rings. The SMILES string of the molecule is CC(=O)N(CCNC(=O)c1c(F)cccc1Cl)c1ccc(C)cc1. The number of halogens is 2. The average molecular weight is 349 g/mol. The van der Waals surface area contributed by atoms with Gasteiger partial charge in [-0.25, -0.2) is 4.39 Å². The Hall–Kier alpha value is -2.40. The fourth-order valence-corrected chi connectivity index (χ4v) is 2.53. The molecule has 0 heterocycles. The van der Waals surface area contributed by atoms with E-state index in [0.29, 0.717) is 0 Å².